The number of hydrogen-bond donors (Lipinski definition) is 1. The van der Waals surface area contributed by atoms with E-state index in [1.54, 1.807) is 23.7 Å². The monoisotopic (exact) mass is 289 g/mol. The Bertz CT molecular complexity index is 549. The quantitative estimate of drug-likeness (QED) is 0.888. The molecule has 1 amide bonds. The first-order valence-electron chi connectivity index (χ1n) is 6.87. The van der Waals surface area contributed by atoms with Gasteiger partial charge in [0.1, 0.15) is 5.01 Å². The molecule has 0 aromatic carbocycles. The molecule has 0 aliphatic heterocycles. The molecule has 0 radical (unpaired) electrons. The molecule has 4 nitrogen and oxygen atoms in total. The number of carbonyl (C=O) groups excluding carboxylic acids is 1. The summed E-state index contributed by atoms with van der Waals surface area (Å²) in [6.07, 6.45) is 5.26. The van der Waals surface area contributed by atoms with Crippen LogP contribution in [-0.4, -0.2) is 15.9 Å². The van der Waals surface area contributed by atoms with Gasteiger partial charge in [-0.05, 0) is 25.0 Å². The Balaban J connectivity index is 1.95. The van der Waals surface area contributed by atoms with E-state index in [1.165, 1.54) is 0 Å². The minimum atomic E-state index is 0.105. The average molecular weight is 289 g/mol. The van der Waals surface area contributed by atoms with Gasteiger partial charge in [0.2, 0.25) is 5.91 Å². The largest absolute Gasteiger partial charge is 0.350 e. The van der Waals surface area contributed by atoms with Crippen molar-refractivity contribution < 1.29 is 4.79 Å². The van der Waals surface area contributed by atoms with Crippen LogP contribution in [0.3, 0.4) is 0 Å². The van der Waals surface area contributed by atoms with Gasteiger partial charge in [-0.25, -0.2) is 4.98 Å². The van der Waals surface area contributed by atoms with E-state index in [-0.39, 0.29) is 11.8 Å². The van der Waals surface area contributed by atoms with Gasteiger partial charge in [-0.2, -0.15) is 0 Å². The summed E-state index contributed by atoms with van der Waals surface area (Å²) in [5, 5.41) is 5.91. The minimum absolute atomic E-state index is 0.105. The predicted molar refractivity (Wildman–Crippen MR) is 81.3 cm³/mol. The van der Waals surface area contributed by atoms with Crippen molar-refractivity contribution in [2.75, 3.05) is 0 Å². The van der Waals surface area contributed by atoms with Gasteiger partial charge in [-0.3, -0.25) is 9.78 Å². The molecular weight excluding hydrogens is 270 g/mol. The number of carbonyl (C=O) groups is 1. The summed E-state index contributed by atoms with van der Waals surface area (Å²) < 4.78 is 0. The maximum absolute atomic E-state index is 11.9. The summed E-state index contributed by atoms with van der Waals surface area (Å²) in [5.74, 6) is 0.224. The molecule has 0 fully saturated rings. The van der Waals surface area contributed by atoms with Crippen LogP contribution in [0.25, 0.3) is 10.6 Å². The maximum atomic E-state index is 11.9. The molecule has 0 aliphatic rings. The Kier molecular flexibility index (Phi) is 5.24. The molecule has 2 aromatic rings. The zero-order valence-electron chi connectivity index (χ0n) is 11.8. The lowest BCUT2D eigenvalue weighted by Crippen LogP contribution is -2.29. The standard InChI is InChI=1S/C15H19N3OS/c1-3-11(4-2)14(19)17-9-13-10-20-15(18-13)12-5-7-16-8-6-12/h5-8,10-11H,3-4,9H2,1-2H3,(H,17,19). The molecule has 0 saturated heterocycles. The number of thiazole rings is 1. The molecule has 2 rings (SSSR count). The van der Waals surface area contributed by atoms with E-state index in [9.17, 15) is 4.79 Å². The molecule has 0 saturated carbocycles. The Hall–Kier alpha value is -1.75. The van der Waals surface area contributed by atoms with Gasteiger partial charge in [0.15, 0.2) is 0 Å². The number of nitrogens with zero attached hydrogens (tertiary/aromatic N) is 2. The van der Waals surface area contributed by atoms with Crippen molar-refractivity contribution in [1.82, 2.24) is 15.3 Å². The van der Waals surface area contributed by atoms with Crippen molar-refractivity contribution in [2.24, 2.45) is 5.92 Å². The number of pyridine rings is 1. The minimum Gasteiger partial charge on any atom is -0.350 e. The molecule has 0 unspecified atom stereocenters. The topological polar surface area (TPSA) is 54.9 Å². The molecule has 2 heterocycles. The summed E-state index contributed by atoms with van der Waals surface area (Å²) in [7, 11) is 0. The Morgan fingerprint density at radius 2 is 2.00 bits per heavy atom. The van der Waals surface area contributed by atoms with Gasteiger partial charge in [-0.15, -0.1) is 11.3 Å². The van der Waals surface area contributed by atoms with Crippen LogP contribution in [0.4, 0.5) is 0 Å². The third kappa shape index (κ3) is 3.63. The zero-order chi connectivity index (χ0) is 14.4. The summed E-state index contributed by atoms with van der Waals surface area (Å²) in [4.78, 5) is 20.4. The van der Waals surface area contributed by atoms with Crippen LogP contribution >= 0.6 is 11.3 Å². The summed E-state index contributed by atoms with van der Waals surface area (Å²) in [5.41, 5.74) is 1.96. The van der Waals surface area contributed by atoms with Crippen molar-refractivity contribution >= 4 is 17.2 Å². The molecular formula is C15H19N3OS. The van der Waals surface area contributed by atoms with Crippen LogP contribution in [0.1, 0.15) is 32.4 Å². The van der Waals surface area contributed by atoms with E-state index in [1.807, 2.05) is 31.4 Å². The Morgan fingerprint density at radius 3 is 2.65 bits per heavy atom. The van der Waals surface area contributed by atoms with Gasteiger partial charge in [-0.1, -0.05) is 13.8 Å². The first-order valence-corrected chi connectivity index (χ1v) is 7.75. The molecule has 0 atom stereocenters. The summed E-state index contributed by atoms with van der Waals surface area (Å²) >= 11 is 1.58. The van der Waals surface area contributed by atoms with Gasteiger partial charge < -0.3 is 5.32 Å². The van der Waals surface area contributed by atoms with Crippen LogP contribution in [0.5, 0.6) is 0 Å². The van der Waals surface area contributed by atoms with Crippen molar-refractivity contribution in [3.8, 4) is 10.6 Å². The highest BCUT2D eigenvalue weighted by Gasteiger charge is 2.14. The third-order valence-corrected chi connectivity index (χ3v) is 4.22. The van der Waals surface area contributed by atoms with E-state index in [2.05, 4.69) is 15.3 Å². The van der Waals surface area contributed by atoms with E-state index in [0.717, 1.165) is 29.1 Å². The lowest BCUT2D eigenvalue weighted by atomic mass is 10.0. The number of aromatic nitrogens is 2. The van der Waals surface area contributed by atoms with Crippen molar-refractivity contribution in [2.45, 2.75) is 33.2 Å². The maximum Gasteiger partial charge on any atom is 0.223 e. The predicted octanol–water partition coefficient (Wildman–Crippen LogP) is 3.26. The van der Waals surface area contributed by atoms with Crippen LogP contribution in [0.15, 0.2) is 29.9 Å². The number of amides is 1. The fourth-order valence-corrected chi connectivity index (χ4v) is 2.82. The van der Waals surface area contributed by atoms with Crippen LogP contribution in [0, 0.1) is 5.92 Å². The van der Waals surface area contributed by atoms with E-state index >= 15 is 0 Å². The summed E-state index contributed by atoms with van der Waals surface area (Å²) in [6.45, 7) is 4.58. The van der Waals surface area contributed by atoms with Crippen molar-refractivity contribution in [3.05, 3.63) is 35.6 Å². The van der Waals surface area contributed by atoms with E-state index in [4.69, 9.17) is 0 Å². The molecule has 0 spiro atoms. The first kappa shape index (κ1) is 14.7. The number of rotatable bonds is 6. The van der Waals surface area contributed by atoms with Crippen molar-refractivity contribution in [1.29, 1.82) is 0 Å². The molecule has 106 valence electrons. The highest BCUT2D eigenvalue weighted by atomic mass is 32.1. The first-order chi connectivity index (χ1) is 9.74. The van der Waals surface area contributed by atoms with Gasteiger partial charge in [0.25, 0.3) is 0 Å². The lowest BCUT2D eigenvalue weighted by Gasteiger charge is -2.11. The molecule has 0 aliphatic carbocycles. The number of hydrogen-bond acceptors (Lipinski definition) is 4. The normalized spacial score (nSPS) is 10.8. The van der Waals surface area contributed by atoms with Crippen LogP contribution in [0.2, 0.25) is 0 Å². The number of nitrogens with one attached hydrogen (secondary N) is 1. The SMILES string of the molecule is CCC(CC)C(=O)NCc1csc(-c2ccncc2)n1. The van der Waals surface area contributed by atoms with Crippen LogP contribution in [-0.2, 0) is 11.3 Å². The molecule has 5 heteroatoms. The van der Waals surface area contributed by atoms with Gasteiger partial charge in [0.05, 0.1) is 12.2 Å². The smallest absolute Gasteiger partial charge is 0.223 e. The highest BCUT2D eigenvalue weighted by Crippen LogP contribution is 2.22. The fourth-order valence-electron chi connectivity index (χ4n) is 2.00. The van der Waals surface area contributed by atoms with E-state index in [0.29, 0.717) is 6.54 Å². The molecule has 1 N–H and O–H groups in total. The highest BCUT2D eigenvalue weighted by molar-refractivity contribution is 7.13. The Labute approximate surface area is 123 Å². The second-order valence-electron chi connectivity index (χ2n) is 4.61. The summed E-state index contributed by atoms with van der Waals surface area (Å²) in [6, 6.07) is 3.87. The Morgan fingerprint density at radius 1 is 1.30 bits per heavy atom. The van der Waals surface area contributed by atoms with Gasteiger partial charge in [0, 0.05) is 29.3 Å². The second kappa shape index (κ2) is 7.14. The average Bonchev–Trinajstić information content (AvgIpc) is 2.96. The zero-order valence-corrected chi connectivity index (χ0v) is 12.6. The van der Waals surface area contributed by atoms with Crippen molar-refractivity contribution in [3.63, 3.8) is 0 Å². The third-order valence-electron chi connectivity index (χ3n) is 3.28. The van der Waals surface area contributed by atoms with Crippen LogP contribution < -0.4 is 5.32 Å². The molecule has 2 aromatic heterocycles. The fraction of sp³-hybridized carbons (Fsp3) is 0.400. The molecule has 0 bridgehead atoms. The molecule has 20 heavy (non-hydrogen) atoms. The second-order valence-corrected chi connectivity index (χ2v) is 5.47. The van der Waals surface area contributed by atoms with E-state index < -0.39 is 0 Å². The lowest BCUT2D eigenvalue weighted by molar-refractivity contribution is -0.125. The van der Waals surface area contributed by atoms with Gasteiger partial charge >= 0.3 is 0 Å².